The maximum Gasteiger partial charge on any atom is 0.230 e. The van der Waals surface area contributed by atoms with Crippen molar-refractivity contribution in [1.82, 2.24) is 15.5 Å². The summed E-state index contributed by atoms with van der Waals surface area (Å²) in [5.41, 5.74) is 0.116. The van der Waals surface area contributed by atoms with Gasteiger partial charge in [-0.25, -0.2) is 0 Å². The van der Waals surface area contributed by atoms with Gasteiger partial charge < -0.3 is 9.84 Å². The Morgan fingerprint density at radius 3 is 2.69 bits per heavy atom. The third-order valence-electron chi connectivity index (χ3n) is 4.12. The highest BCUT2D eigenvalue weighted by atomic mass is 16.5. The largest absolute Gasteiger partial charge is 0.339 e. The van der Waals surface area contributed by atoms with Crippen LogP contribution in [0.25, 0.3) is 0 Å². The first-order valence-electron chi connectivity index (χ1n) is 6.24. The molecule has 1 aliphatic carbocycles. The molecule has 0 aromatic carbocycles. The topological polar surface area (TPSA) is 51.0 Å². The van der Waals surface area contributed by atoms with Crippen LogP contribution in [0.5, 0.6) is 0 Å². The zero-order chi connectivity index (χ0) is 11.2. The second-order valence-electron chi connectivity index (χ2n) is 5.59. The second-order valence-corrected chi connectivity index (χ2v) is 5.59. The minimum Gasteiger partial charge on any atom is -0.339 e. The zero-order valence-corrected chi connectivity index (χ0v) is 9.99. The van der Waals surface area contributed by atoms with Crippen LogP contribution in [0.15, 0.2) is 4.52 Å². The average Bonchev–Trinajstić information content (AvgIpc) is 2.82. The number of piperidine rings is 1. The van der Waals surface area contributed by atoms with Crippen LogP contribution in [0.1, 0.15) is 50.7 Å². The van der Waals surface area contributed by atoms with E-state index in [0.29, 0.717) is 5.92 Å². The van der Waals surface area contributed by atoms with Crippen LogP contribution in [-0.4, -0.2) is 23.2 Å². The average molecular weight is 221 g/mol. The van der Waals surface area contributed by atoms with Crippen molar-refractivity contribution in [2.24, 2.45) is 5.92 Å². The number of hydrogen-bond donors (Lipinski definition) is 1. The van der Waals surface area contributed by atoms with Gasteiger partial charge in [-0.2, -0.15) is 4.98 Å². The second kappa shape index (κ2) is 3.55. The van der Waals surface area contributed by atoms with Gasteiger partial charge in [0.25, 0.3) is 0 Å². The van der Waals surface area contributed by atoms with Crippen LogP contribution in [0.2, 0.25) is 0 Å². The first kappa shape index (κ1) is 10.3. The van der Waals surface area contributed by atoms with Gasteiger partial charge in [-0.15, -0.1) is 0 Å². The van der Waals surface area contributed by atoms with Gasteiger partial charge in [0.2, 0.25) is 5.89 Å². The summed E-state index contributed by atoms with van der Waals surface area (Å²) in [6.07, 6.45) is 3.41. The molecule has 3 rings (SSSR count). The monoisotopic (exact) mass is 221 g/mol. The van der Waals surface area contributed by atoms with E-state index in [4.69, 9.17) is 4.52 Å². The van der Waals surface area contributed by atoms with E-state index in [1.807, 2.05) is 0 Å². The number of rotatable bonds is 2. The number of hydrogen-bond acceptors (Lipinski definition) is 4. The van der Waals surface area contributed by atoms with Gasteiger partial charge in [-0.05, 0) is 38.3 Å². The molecule has 1 N–H and O–H groups in total. The molecule has 4 heteroatoms. The number of nitrogens with one attached hydrogen (secondary N) is 1. The van der Waals surface area contributed by atoms with Crippen molar-refractivity contribution in [2.75, 3.05) is 13.1 Å². The molecular formula is C12H19N3O. The highest BCUT2D eigenvalue weighted by molar-refractivity contribution is 5.11. The van der Waals surface area contributed by atoms with Crippen molar-refractivity contribution in [2.45, 2.75) is 44.4 Å². The number of aromatic nitrogens is 2. The maximum absolute atomic E-state index is 5.40. The molecule has 2 heterocycles. The van der Waals surface area contributed by atoms with Crippen molar-refractivity contribution in [3.05, 3.63) is 11.7 Å². The van der Waals surface area contributed by atoms with Gasteiger partial charge in [0, 0.05) is 11.3 Å². The molecule has 0 unspecified atom stereocenters. The molecule has 0 spiro atoms. The van der Waals surface area contributed by atoms with Gasteiger partial charge in [-0.1, -0.05) is 19.0 Å². The Morgan fingerprint density at radius 2 is 2.06 bits per heavy atom. The SMILES string of the molecule is C[C@@H]1C[C@@H]1c1nc(C2(C)CCNCC2)no1. The summed E-state index contributed by atoms with van der Waals surface area (Å²) in [4.78, 5) is 4.61. The summed E-state index contributed by atoms with van der Waals surface area (Å²) < 4.78 is 5.40. The summed E-state index contributed by atoms with van der Waals surface area (Å²) in [7, 11) is 0. The summed E-state index contributed by atoms with van der Waals surface area (Å²) >= 11 is 0. The van der Waals surface area contributed by atoms with E-state index < -0.39 is 0 Å². The van der Waals surface area contributed by atoms with E-state index in [1.165, 1.54) is 6.42 Å². The predicted molar refractivity (Wildman–Crippen MR) is 60.3 cm³/mol. The fraction of sp³-hybridized carbons (Fsp3) is 0.833. The van der Waals surface area contributed by atoms with Crippen LogP contribution in [0.4, 0.5) is 0 Å². The van der Waals surface area contributed by atoms with Crippen molar-refractivity contribution < 1.29 is 4.52 Å². The minimum absolute atomic E-state index is 0.116. The van der Waals surface area contributed by atoms with E-state index in [-0.39, 0.29) is 5.41 Å². The Balaban J connectivity index is 1.80. The maximum atomic E-state index is 5.40. The van der Waals surface area contributed by atoms with E-state index >= 15 is 0 Å². The van der Waals surface area contributed by atoms with Crippen molar-refractivity contribution >= 4 is 0 Å². The molecule has 1 saturated carbocycles. The van der Waals surface area contributed by atoms with Gasteiger partial charge in [0.15, 0.2) is 5.82 Å². The normalized spacial score (nSPS) is 32.6. The standard InChI is InChI=1S/C12H19N3O/c1-8-7-9(8)10-14-11(15-16-10)12(2)3-5-13-6-4-12/h8-9,13H,3-7H2,1-2H3/t8-,9+/m1/s1. The van der Waals surface area contributed by atoms with Gasteiger partial charge in [-0.3, -0.25) is 0 Å². The third kappa shape index (κ3) is 1.65. The lowest BCUT2D eigenvalue weighted by Gasteiger charge is -2.30. The molecule has 1 saturated heterocycles. The highest BCUT2D eigenvalue weighted by Gasteiger charge is 2.41. The van der Waals surface area contributed by atoms with E-state index in [1.54, 1.807) is 0 Å². The number of nitrogens with zero attached hydrogens (tertiary/aromatic N) is 2. The van der Waals surface area contributed by atoms with E-state index in [0.717, 1.165) is 43.6 Å². The summed E-state index contributed by atoms with van der Waals surface area (Å²) in [6, 6.07) is 0. The molecule has 1 aromatic rings. The van der Waals surface area contributed by atoms with Crippen molar-refractivity contribution in [3.63, 3.8) is 0 Å². The fourth-order valence-electron chi connectivity index (χ4n) is 2.50. The highest BCUT2D eigenvalue weighted by Crippen LogP contribution is 2.46. The minimum atomic E-state index is 0.116. The first-order chi connectivity index (χ1) is 7.69. The zero-order valence-electron chi connectivity index (χ0n) is 9.99. The molecule has 2 atom stereocenters. The molecule has 2 aliphatic rings. The molecule has 0 amide bonds. The quantitative estimate of drug-likeness (QED) is 0.827. The fourth-order valence-corrected chi connectivity index (χ4v) is 2.50. The Morgan fingerprint density at radius 1 is 1.38 bits per heavy atom. The molecule has 0 bridgehead atoms. The first-order valence-corrected chi connectivity index (χ1v) is 6.24. The van der Waals surface area contributed by atoms with Crippen LogP contribution < -0.4 is 5.32 Å². The van der Waals surface area contributed by atoms with Crippen LogP contribution in [-0.2, 0) is 5.41 Å². The van der Waals surface area contributed by atoms with E-state index in [9.17, 15) is 0 Å². The Hall–Kier alpha value is -0.900. The molecule has 16 heavy (non-hydrogen) atoms. The smallest absolute Gasteiger partial charge is 0.230 e. The van der Waals surface area contributed by atoms with Gasteiger partial charge >= 0.3 is 0 Å². The lowest BCUT2D eigenvalue weighted by molar-refractivity contribution is 0.299. The molecule has 2 fully saturated rings. The third-order valence-corrected chi connectivity index (χ3v) is 4.12. The summed E-state index contributed by atoms with van der Waals surface area (Å²) in [5, 5.41) is 7.57. The summed E-state index contributed by atoms with van der Waals surface area (Å²) in [5.74, 6) is 3.05. The Kier molecular flexibility index (Phi) is 2.28. The van der Waals surface area contributed by atoms with Crippen LogP contribution in [0.3, 0.4) is 0 Å². The lowest BCUT2D eigenvalue weighted by Crippen LogP contribution is -2.38. The Bertz CT molecular complexity index is 381. The van der Waals surface area contributed by atoms with E-state index in [2.05, 4.69) is 29.3 Å². The molecule has 0 radical (unpaired) electrons. The van der Waals surface area contributed by atoms with Gasteiger partial charge in [0.05, 0.1) is 0 Å². The van der Waals surface area contributed by atoms with Crippen LogP contribution in [0, 0.1) is 5.92 Å². The molecule has 1 aliphatic heterocycles. The van der Waals surface area contributed by atoms with Crippen molar-refractivity contribution in [3.8, 4) is 0 Å². The lowest BCUT2D eigenvalue weighted by atomic mass is 9.80. The van der Waals surface area contributed by atoms with Gasteiger partial charge in [0.1, 0.15) is 0 Å². The summed E-state index contributed by atoms with van der Waals surface area (Å²) in [6.45, 7) is 6.60. The molecule has 88 valence electrons. The van der Waals surface area contributed by atoms with Crippen LogP contribution >= 0.6 is 0 Å². The Labute approximate surface area is 95.8 Å². The van der Waals surface area contributed by atoms with Crippen molar-refractivity contribution in [1.29, 1.82) is 0 Å². The predicted octanol–water partition coefficient (Wildman–Crippen LogP) is 1.83. The molecule has 4 nitrogen and oxygen atoms in total. The molecular weight excluding hydrogens is 202 g/mol. The molecule has 1 aromatic heterocycles.